The molecule has 0 aromatic heterocycles. The van der Waals surface area contributed by atoms with Crippen LogP contribution in [0.3, 0.4) is 0 Å². The molecule has 0 amide bonds. The first kappa shape index (κ1) is 31.3. The van der Waals surface area contributed by atoms with Crippen molar-refractivity contribution in [3.63, 3.8) is 0 Å². The van der Waals surface area contributed by atoms with Crippen molar-refractivity contribution in [1.29, 1.82) is 0 Å². The van der Waals surface area contributed by atoms with Crippen molar-refractivity contribution in [2.45, 2.75) is 114 Å². The molecule has 38 heavy (non-hydrogen) atoms. The molecule has 2 aliphatic heterocycles. The minimum atomic E-state index is -4.50. The van der Waals surface area contributed by atoms with Crippen molar-refractivity contribution in [1.82, 2.24) is 14.9 Å². The summed E-state index contributed by atoms with van der Waals surface area (Å²) >= 11 is 0. The lowest BCUT2D eigenvalue weighted by molar-refractivity contribution is -0.137. The maximum Gasteiger partial charge on any atom is 0.416 e. The quantitative estimate of drug-likeness (QED) is 0.382. The van der Waals surface area contributed by atoms with Crippen LogP contribution in [0.5, 0.6) is 0 Å². The third-order valence-electron chi connectivity index (χ3n) is 7.88. The van der Waals surface area contributed by atoms with E-state index in [1.165, 1.54) is 65.2 Å². The van der Waals surface area contributed by atoms with Crippen molar-refractivity contribution in [2.24, 2.45) is 0 Å². The number of piperidine rings is 1. The molecule has 1 atom stereocenters. The van der Waals surface area contributed by atoms with E-state index < -0.39 is 21.8 Å². The number of hydrogen-bond acceptors (Lipinski definition) is 5. The maximum absolute atomic E-state index is 12.9. The predicted molar refractivity (Wildman–Crippen MR) is 145 cm³/mol. The van der Waals surface area contributed by atoms with Crippen LogP contribution in [0.4, 0.5) is 13.2 Å². The Morgan fingerprint density at radius 2 is 1.71 bits per heavy atom. The Labute approximate surface area is 227 Å². The number of sulfonamides is 1. The normalized spacial score (nSPS) is 24.0. The van der Waals surface area contributed by atoms with Crippen molar-refractivity contribution in [3.05, 3.63) is 29.3 Å². The Morgan fingerprint density at radius 3 is 2.26 bits per heavy atom. The van der Waals surface area contributed by atoms with Crippen molar-refractivity contribution < 1.29 is 26.3 Å². The van der Waals surface area contributed by atoms with E-state index in [1.54, 1.807) is 0 Å². The predicted octanol–water partition coefficient (Wildman–Crippen LogP) is 5.64. The molecule has 6 nitrogen and oxygen atoms in total. The average Bonchev–Trinajstić information content (AvgIpc) is 3.47. The van der Waals surface area contributed by atoms with Crippen LogP contribution in [0.1, 0.15) is 88.7 Å². The van der Waals surface area contributed by atoms with Crippen LogP contribution in [0, 0.1) is 6.92 Å². The van der Waals surface area contributed by atoms with Gasteiger partial charge in [-0.25, -0.2) is 13.1 Å². The Kier molecular flexibility index (Phi) is 12.3. The van der Waals surface area contributed by atoms with Crippen LogP contribution in [-0.2, 0) is 20.9 Å². The lowest BCUT2D eigenvalue weighted by atomic mass is 9.94. The van der Waals surface area contributed by atoms with Crippen LogP contribution in [0.25, 0.3) is 0 Å². The number of hydrogen-bond donors (Lipinski definition) is 2. The lowest BCUT2D eigenvalue weighted by Crippen LogP contribution is -2.39. The highest BCUT2D eigenvalue weighted by molar-refractivity contribution is 7.89. The van der Waals surface area contributed by atoms with E-state index >= 15 is 0 Å². The summed E-state index contributed by atoms with van der Waals surface area (Å²) in [5, 5.41) is 3.22. The number of halogens is 3. The van der Waals surface area contributed by atoms with Gasteiger partial charge in [-0.15, -0.1) is 0 Å². The number of aryl methyl sites for hydroxylation is 1. The van der Waals surface area contributed by atoms with Gasteiger partial charge in [-0.05, 0) is 128 Å². The fourth-order valence-corrected chi connectivity index (χ4v) is 7.08. The standard InChI is InChI=1S/C24H37F3N2O3S.C4H9N/c1-18-17-20(24(25,26)27)8-13-23(18)33(30,31)28-21-9-11-22(12-10-21)32-16-6-7-19(2)29-14-4-3-5-15-29;1-2-4-5-3-1/h8,13,17,19,21-22,28H,3-7,9-12,14-16H2,1-2H3;5H,1-4H2. The summed E-state index contributed by atoms with van der Waals surface area (Å²) < 4.78 is 72.8. The first-order valence-corrected chi connectivity index (χ1v) is 15.8. The second-order valence-corrected chi connectivity index (χ2v) is 12.7. The van der Waals surface area contributed by atoms with Gasteiger partial charge < -0.3 is 15.0 Å². The summed E-state index contributed by atoms with van der Waals surface area (Å²) in [5.41, 5.74) is -0.755. The fourth-order valence-electron chi connectivity index (χ4n) is 5.55. The van der Waals surface area contributed by atoms with Gasteiger partial charge in [0.15, 0.2) is 0 Å². The van der Waals surface area contributed by atoms with E-state index in [4.69, 9.17) is 4.74 Å². The van der Waals surface area contributed by atoms with Crippen LogP contribution in [0.2, 0.25) is 0 Å². The third kappa shape index (κ3) is 10.1. The number of nitrogens with zero attached hydrogens (tertiary/aromatic N) is 1. The van der Waals surface area contributed by atoms with Crippen LogP contribution < -0.4 is 10.0 Å². The molecule has 1 unspecified atom stereocenters. The Hall–Kier alpha value is -1.20. The summed E-state index contributed by atoms with van der Waals surface area (Å²) in [7, 11) is -3.87. The first-order valence-electron chi connectivity index (χ1n) is 14.3. The number of benzene rings is 1. The molecule has 1 saturated carbocycles. The van der Waals surface area contributed by atoms with Gasteiger partial charge in [-0.2, -0.15) is 13.2 Å². The molecular formula is C28H46F3N3O3S. The Morgan fingerprint density at radius 1 is 1.05 bits per heavy atom. The molecule has 218 valence electrons. The van der Waals surface area contributed by atoms with Gasteiger partial charge >= 0.3 is 6.18 Å². The van der Waals surface area contributed by atoms with Crippen molar-refractivity contribution >= 4 is 10.0 Å². The molecule has 2 heterocycles. The molecule has 0 radical (unpaired) electrons. The SMILES string of the molecule is C1CCNC1.Cc1cc(C(F)(F)F)ccc1S(=O)(=O)NC1CCC(OCCCC(C)N2CCCCC2)CC1. The smallest absolute Gasteiger partial charge is 0.378 e. The monoisotopic (exact) mass is 561 g/mol. The fraction of sp³-hybridized carbons (Fsp3) is 0.786. The van der Waals surface area contributed by atoms with E-state index in [1.807, 2.05) is 0 Å². The lowest BCUT2D eigenvalue weighted by Gasteiger charge is -2.32. The molecule has 2 saturated heterocycles. The third-order valence-corrected chi connectivity index (χ3v) is 9.56. The van der Waals surface area contributed by atoms with Gasteiger partial charge in [0.1, 0.15) is 0 Å². The molecule has 10 heteroatoms. The van der Waals surface area contributed by atoms with Gasteiger partial charge in [0, 0.05) is 18.7 Å². The summed E-state index contributed by atoms with van der Waals surface area (Å²) in [6, 6.07) is 3.10. The molecule has 0 spiro atoms. The van der Waals surface area contributed by atoms with Crippen LogP contribution in [0.15, 0.2) is 23.1 Å². The van der Waals surface area contributed by atoms with Gasteiger partial charge in [-0.3, -0.25) is 0 Å². The van der Waals surface area contributed by atoms with Gasteiger partial charge in [-0.1, -0.05) is 6.42 Å². The Bertz CT molecular complexity index is 933. The van der Waals surface area contributed by atoms with E-state index in [0.717, 1.165) is 50.5 Å². The summed E-state index contributed by atoms with van der Waals surface area (Å²) in [4.78, 5) is 2.47. The molecule has 3 fully saturated rings. The largest absolute Gasteiger partial charge is 0.416 e. The van der Waals surface area contributed by atoms with E-state index in [0.29, 0.717) is 18.9 Å². The van der Waals surface area contributed by atoms with Gasteiger partial charge in [0.25, 0.3) is 0 Å². The highest BCUT2D eigenvalue weighted by atomic mass is 32.2. The topological polar surface area (TPSA) is 70.7 Å². The second-order valence-electron chi connectivity index (χ2n) is 11.0. The van der Waals surface area contributed by atoms with E-state index in [2.05, 4.69) is 21.9 Å². The summed E-state index contributed by atoms with van der Waals surface area (Å²) in [5.74, 6) is 0. The molecule has 1 aliphatic carbocycles. The maximum atomic E-state index is 12.9. The Balaban J connectivity index is 0.000000715. The molecule has 1 aromatic rings. The first-order chi connectivity index (χ1) is 18.1. The van der Waals surface area contributed by atoms with Gasteiger partial charge in [0.05, 0.1) is 16.6 Å². The summed E-state index contributed by atoms with van der Waals surface area (Å²) in [6.45, 7) is 9.31. The number of likely N-dealkylation sites (tertiary alicyclic amines) is 1. The van der Waals surface area contributed by atoms with Crippen LogP contribution in [-0.4, -0.2) is 64.3 Å². The number of ether oxygens (including phenoxy) is 1. The molecule has 2 N–H and O–H groups in total. The van der Waals surface area contributed by atoms with E-state index in [-0.39, 0.29) is 22.6 Å². The molecular weight excluding hydrogens is 515 g/mol. The van der Waals surface area contributed by atoms with Crippen molar-refractivity contribution in [2.75, 3.05) is 32.8 Å². The molecule has 3 aliphatic rings. The minimum Gasteiger partial charge on any atom is -0.378 e. The van der Waals surface area contributed by atoms with Gasteiger partial charge in [0.2, 0.25) is 10.0 Å². The number of nitrogens with one attached hydrogen (secondary N) is 2. The average molecular weight is 562 g/mol. The highest BCUT2D eigenvalue weighted by Gasteiger charge is 2.32. The zero-order valence-electron chi connectivity index (χ0n) is 23.0. The van der Waals surface area contributed by atoms with E-state index in [9.17, 15) is 21.6 Å². The molecule has 4 rings (SSSR count). The molecule has 0 bridgehead atoms. The number of rotatable bonds is 9. The summed E-state index contributed by atoms with van der Waals surface area (Å²) in [6.07, 6.45) is 7.39. The highest BCUT2D eigenvalue weighted by Crippen LogP contribution is 2.32. The van der Waals surface area contributed by atoms with Crippen molar-refractivity contribution in [3.8, 4) is 0 Å². The zero-order valence-corrected chi connectivity index (χ0v) is 23.8. The zero-order chi connectivity index (χ0) is 27.6. The molecule has 1 aromatic carbocycles. The number of alkyl halides is 3. The second kappa shape index (κ2) is 15.0. The van der Waals surface area contributed by atoms with Crippen LogP contribution >= 0.6 is 0 Å². The minimum absolute atomic E-state index is 0.0909.